The second-order valence-corrected chi connectivity index (χ2v) is 7.09. The third kappa shape index (κ3) is 4.33. The Morgan fingerprint density at radius 2 is 1.62 bits per heavy atom. The average Bonchev–Trinajstić information content (AvgIpc) is 2.48. The molecule has 21 heavy (non-hydrogen) atoms. The number of piperazine rings is 1. The lowest BCUT2D eigenvalue weighted by atomic mass is 10.2. The van der Waals surface area contributed by atoms with Crippen LogP contribution in [0.1, 0.15) is 13.8 Å². The molecule has 0 radical (unpaired) electrons. The van der Waals surface area contributed by atoms with Gasteiger partial charge in [0.25, 0.3) is 10.2 Å². The number of benzene rings is 1. The van der Waals surface area contributed by atoms with E-state index < -0.39 is 10.2 Å². The SMILES string of the molecule is CNS(=O)(=O)Nc1ccc(N2CCN(C(C)C)CC2)cc1. The Bertz CT molecular complexity index is 549. The molecule has 1 aliphatic rings. The van der Waals surface area contributed by atoms with Crippen molar-refractivity contribution in [3.8, 4) is 0 Å². The maximum absolute atomic E-state index is 11.4. The molecule has 0 saturated carbocycles. The minimum absolute atomic E-state index is 0.564. The fraction of sp³-hybridized carbons (Fsp3) is 0.571. The van der Waals surface area contributed by atoms with Gasteiger partial charge in [-0.2, -0.15) is 8.42 Å². The summed E-state index contributed by atoms with van der Waals surface area (Å²) in [4.78, 5) is 4.79. The van der Waals surface area contributed by atoms with Crippen LogP contribution < -0.4 is 14.3 Å². The summed E-state index contributed by atoms with van der Waals surface area (Å²) in [6.07, 6.45) is 0. The van der Waals surface area contributed by atoms with Crippen LogP contribution in [0.5, 0.6) is 0 Å². The zero-order chi connectivity index (χ0) is 15.5. The second-order valence-electron chi connectivity index (χ2n) is 5.47. The van der Waals surface area contributed by atoms with E-state index in [1.54, 1.807) is 12.1 Å². The molecule has 2 rings (SSSR count). The van der Waals surface area contributed by atoms with Crippen molar-refractivity contribution in [1.29, 1.82) is 0 Å². The molecule has 0 aliphatic carbocycles. The lowest BCUT2D eigenvalue weighted by Crippen LogP contribution is -2.48. The summed E-state index contributed by atoms with van der Waals surface area (Å²) in [5.74, 6) is 0. The van der Waals surface area contributed by atoms with Crippen molar-refractivity contribution in [2.24, 2.45) is 0 Å². The van der Waals surface area contributed by atoms with Gasteiger partial charge in [-0.05, 0) is 38.1 Å². The second kappa shape index (κ2) is 6.64. The zero-order valence-electron chi connectivity index (χ0n) is 12.8. The third-order valence-electron chi connectivity index (χ3n) is 3.80. The molecular weight excluding hydrogens is 288 g/mol. The molecule has 0 atom stereocenters. The predicted molar refractivity (Wildman–Crippen MR) is 87.0 cm³/mol. The van der Waals surface area contributed by atoms with E-state index in [0.29, 0.717) is 11.7 Å². The van der Waals surface area contributed by atoms with E-state index in [1.165, 1.54) is 7.05 Å². The highest BCUT2D eigenvalue weighted by Crippen LogP contribution is 2.20. The largest absolute Gasteiger partial charge is 0.369 e. The molecule has 1 aliphatic heterocycles. The van der Waals surface area contributed by atoms with Crippen molar-refractivity contribution in [3.05, 3.63) is 24.3 Å². The Balaban J connectivity index is 1.97. The number of nitrogens with one attached hydrogen (secondary N) is 2. The van der Waals surface area contributed by atoms with Crippen LogP contribution in [0.3, 0.4) is 0 Å². The van der Waals surface area contributed by atoms with Gasteiger partial charge in [-0.15, -0.1) is 0 Å². The zero-order valence-corrected chi connectivity index (χ0v) is 13.7. The summed E-state index contributed by atoms with van der Waals surface area (Å²) in [5.41, 5.74) is 1.69. The highest BCUT2D eigenvalue weighted by molar-refractivity contribution is 7.90. The third-order valence-corrected chi connectivity index (χ3v) is 4.84. The van der Waals surface area contributed by atoms with Crippen molar-refractivity contribution < 1.29 is 8.42 Å². The van der Waals surface area contributed by atoms with Gasteiger partial charge in [-0.3, -0.25) is 9.62 Å². The van der Waals surface area contributed by atoms with Crippen LogP contribution in [0.25, 0.3) is 0 Å². The summed E-state index contributed by atoms with van der Waals surface area (Å²) in [7, 11) is -2.07. The summed E-state index contributed by atoms with van der Waals surface area (Å²) < 4.78 is 27.5. The van der Waals surface area contributed by atoms with Crippen LogP contribution in [-0.2, 0) is 10.2 Å². The number of hydrogen-bond donors (Lipinski definition) is 2. The van der Waals surface area contributed by atoms with Crippen molar-refractivity contribution >= 4 is 21.6 Å². The van der Waals surface area contributed by atoms with Crippen LogP contribution in [0.4, 0.5) is 11.4 Å². The van der Waals surface area contributed by atoms with Crippen molar-refractivity contribution in [2.45, 2.75) is 19.9 Å². The van der Waals surface area contributed by atoms with Gasteiger partial charge in [0.05, 0.1) is 0 Å². The average molecular weight is 312 g/mol. The quantitative estimate of drug-likeness (QED) is 0.854. The van der Waals surface area contributed by atoms with Gasteiger partial charge < -0.3 is 4.90 Å². The molecule has 1 aromatic carbocycles. The normalized spacial score (nSPS) is 17.2. The number of hydrogen-bond acceptors (Lipinski definition) is 4. The molecule has 0 spiro atoms. The van der Waals surface area contributed by atoms with Crippen LogP contribution in [0.15, 0.2) is 24.3 Å². The van der Waals surface area contributed by atoms with E-state index in [2.05, 4.69) is 33.1 Å². The van der Waals surface area contributed by atoms with E-state index >= 15 is 0 Å². The van der Waals surface area contributed by atoms with Gasteiger partial charge in [0.1, 0.15) is 0 Å². The Hall–Kier alpha value is -1.31. The Labute approximate surface area is 127 Å². The van der Waals surface area contributed by atoms with E-state index in [-0.39, 0.29) is 0 Å². The van der Waals surface area contributed by atoms with Crippen molar-refractivity contribution in [3.63, 3.8) is 0 Å². The topological polar surface area (TPSA) is 64.7 Å². The van der Waals surface area contributed by atoms with E-state index in [9.17, 15) is 8.42 Å². The van der Waals surface area contributed by atoms with Crippen LogP contribution >= 0.6 is 0 Å². The predicted octanol–water partition coefficient (Wildman–Crippen LogP) is 1.09. The monoisotopic (exact) mass is 312 g/mol. The minimum Gasteiger partial charge on any atom is -0.369 e. The summed E-state index contributed by atoms with van der Waals surface area (Å²) in [5, 5.41) is 0. The first-order chi connectivity index (χ1) is 9.91. The molecule has 1 aromatic rings. The summed E-state index contributed by atoms with van der Waals surface area (Å²) in [6, 6.07) is 8.08. The van der Waals surface area contributed by atoms with Gasteiger partial charge in [0, 0.05) is 50.6 Å². The van der Waals surface area contributed by atoms with Crippen molar-refractivity contribution in [1.82, 2.24) is 9.62 Å². The number of nitrogens with zero attached hydrogens (tertiary/aromatic N) is 2. The van der Waals surface area contributed by atoms with Crippen molar-refractivity contribution in [2.75, 3.05) is 42.8 Å². The Morgan fingerprint density at radius 3 is 2.10 bits per heavy atom. The Kier molecular flexibility index (Phi) is 5.08. The smallest absolute Gasteiger partial charge is 0.298 e. The molecule has 1 heterocycles. The summed E-state index contributed by atoms with van der Waals surface area (Å²) in [6.45, 7) is 8.56. The molecule has 1 saturated heterocycles. The fourth-order valence-electron chi connectivity index (χ4n) is 2.44. The molecule has 0 amide bonds. The molecule has 0 bridgehead atoms. The first kappa shape index (κ1) is 16.1. The molecule has 7 heteroatoms. The van der Waals surface area contributed by atoms with E-state index in [0.717, 1.165) is 31.9 Å². The first-order valence-corrected chi connectivity index (χ1v) is 8.70. The lowest BCUT2D eigenvalue weighted by Gasteiger charge is -2.38. The molecule has 0 unspecified atom stereocenters. The van der Waals surface area contributed by atoms with Crippen LogP contribution in [0, 0.1) is 0 Å². The molecule has 0 aromatic heterocycles. The van der Waals surface area contributed by atoms with E-state index in [4.69, 9.17) is 0 Å². The maximum Gasteiger partial charge on any atom is 0.298 e. The van der Waals surface area contributed by atoms with Gasteiger partial charge in [-0.1, -0.05) is 0 Å². The Morgan fingerprint density at radius 1 is 1.05 bits per heavy atom. The molecule has 118 valence electrons. The fourth-order valence-corrected chi connectivity index (χ4v) is 2.99. The van der Waals surface area contributed by atoms with Crippen LogP contribution in [-0.4, -0.2) is 52.6 Å². The molecule has 6 nitrogen and oxygen atoms in total. The highest BCUT2D eigenvalue weighted by Gasteiger charge is 2.18. The number of anilines is 2. The van der Waals surface area contributed by atoms with Crippen LogP contribution in [0.2, 0.25) is 0 Å². The standard InChI is InChI=1S/C14H24N4O2S/c1-12(2)17-8-10-18(11-9-17)14-6-4-13(5-7-14)16-21(19,20)15-3/h4-7,12,15-16H,8-11H2,1-3H3. The highest BCUT2D eigenvalue weighted by atomic mass is 32.2. The van der Waals surface area contributed by atoms with Gasteiger partial charge >= 0.3 is 0 Å². The first-order valence-electron chi connectivity index (χ1n) is 7.21. The minimum atomic E-state index is -3.45. The van der Waals surface area contributed by atoms with Gasteiger partial charge in [-0.25, -0.2) is 4.72 Å². The van der Waals surface area contributed by atoms with E-state index in [1.807, 2.05) is 12.1 Å². The lowest BCUT2D eigenvalue weighted by molar-refractivity contribution is 0.209. The molecule has 2 N–H and O–H groups in total. The maximum atomic E-state index is 11.4. The number of rotatable bonds is 5. The van der Waals surface area contributed by atoms with Gasteiger partial charge in [0.15, 0.2) is 0 Å². The van der Waals surface area contributed by atoms with Gasteiger partial charge in [0.2, 0.25) is 0 Å². The molecular formula is C14H24N4O2S. The molecule has 1 fully saturated rings. The summed E-state index contributed by atoms with van der Waals surface area (Å²) >= 11 is 0.